The van der Waals surface area contributed by atoms with Crippen molar-refractivity contribution in [3.05, 3.63) is 17.3 Å². The van der Waals surface area contributed by atoms with Gasteiger partial charge >= 0.3 is 0 Å². The average molecular weight is 304 g/mol. The van der Waals surface area contributed by atoms with E-state index in [9.17, 15) is 0 Å². The smallest absolute Gasteiger partial charge is 0.140 e. The van der Waals surface area contributed by atoms with Gasteiger partial charge in [0.1, 0.15) is 17.0 Å². The molecule has 4 rings (SSSR count). The Balaban J connectivity index is 1.51. The minimum atomic E-state index is 0.656. The van der Waals surface area contributed by atoms with Gasteiger partial charge in [0.15, 0.2) is 0 Å². The van der Waals surface area contributed by atoms with Crippen LogP contribution in [0, 0.1) is 0 Å². The molecule has 0 N–H and O–H groups in total. The Labute approximate surface area is 128 Å². The topological polar surface area (TPSA) is 41.5 Å². The third-order valence-electron chi connectivity index (χ3n) is 4.43. The SMILES string of the molecule is CCc1cc2c(N3CC(N4CCOCC4)C3)ncnc2s1. The quantitative estimate of drug-likeness (QED) is 0.864. The highest BCUT2D eigenvalue weighted by Crippen LogP contribution is 2.33. The van der Waals surface area contributed by atoms with E-state index in [1.165, 1.54) is 10.3 Å². The number of aromatic nitrogens is 2. The van der Waals surface area contributed by atoms with Gasteiger partial charge in [0.05, 0.1) is 18.6 Å². The van der Waals surface area contributed by atoms with Gasteiger partial charge < -0.3 is 9.64 Å². The standard InChI is InChI=1S/C15H20N4OS/c1-2-12-7-13-14(16-10-17-15(13)21-12)19-8-11(9-19)18-3-5-20-6-4-18/h7,10-11H,2-6,8-9H2,1H3. The molecule has 21 heavy (non-hydrogen) atoms. The summed E-state index contributed by atoms with van der Waals surface area (Å²) >= 11 is 1.79. The lowest BCUT2D eigenvalue weighted by molar-refractivity contribution is 0.0105. The number of hydrogen-bond donors (Lipinski definition) is 0. The fourth-order valence-electron chi connectivity index (χ4n) is 3.12. The van der Waals surface area contributed by atoms with Gasteiger partial charge in [0.2, 0.25) is 0 Å². The molecule has 0 radical (unpaired) electrons. The van der Waals surface area contributed by atoms with Crippen molar-refractivity contribution in [3.8, 4) is 0 Å². The van der Waals surface area contributed by atoms with Gasteiger partial charge in [-0.15, -0.1) is 11.3 Å². The third kappa shape index (κ3) is 2.41. The maximum atomic E-state index is 5.43. The number of hydrogen-bond acceptors (Lipinski definition) is 6. The molecule has 0 atom stereocenters. The fraction of sp³-hybridized carbons (Fsp3) is 0.600. The first-order valence-corrected chi connectivity index (χ1v) is 8.47. The highest BCUT2D eigenvalue weighted by molar-refractivity contribution is 7.18. The largest absolute Gasteiger partial charge is 0.379 e. The number of morpholine rings is 1. The molecule has 2 aromatic heterocycles. The van der Waals surface area contributed by atoms with Crippen molar-refractivity contribution in [2.75, 3.05) is 44.3 Å². The summed E-state index contributed by atoms with van der Waals surface area (Å²) in [5.41, 5.74) is 0. The summed E-state index contributed by atoms with van der Waals surface area (Å²) in [5.74, 6) is 1.11. The lowest BCUT2D eigenvalue weighted by Crippen LogP contribution is -2.61. The molecule has 0 spiro atoms. The van der Waals surface area contributed by atoms with Crippen LogP contribution in [0.5, 0.6) is 0 Å². The van der Waals surface area contributed by atoms with Crippen LogP contribution in [0.25, 0.3) is 10.2 Å². The molecule has 2 saturated heterocycles. The van der Waals surface area contributed by atoms with E-state index in [2.05, 4.69) is 32.8 Å². The van der Waals surface area contributed by atoms with Crippen LogP contribution in [0.3, 0.4) is 0 Å². The Morgan fingerprint density at radius 1 is 1.29 bits per heavy atom. The summed E-state index contributed by atoms with van der Waals surface area (Å²) in [6.45, 7) is 8.21. The number of thiophene rings is 1. The minimum absolute atomic E-state index is 0.656. The van der Waals surface area contributed by atoms with Crippen molar-refractivity contribution in [3.63, 3.8) is 0 Å². The van der Waals surface area contributed by atoms with Crippen LogP contribution in [0.2, 0.25) is 0 Å². The summed E-state index contributed by atoms with van der Waals surface area (Å²) in [4.78, 5) is 16.4. The molecule has 0 aromatic carbocycles. The zero-order chi connectivity index (χ0) is 14.2. The number of nitrogens with zero attached hydrogens (tertiary/aromatic N) is 4. The highest BCUT2D eigenvalue weighted by Gasteiger charge is 2.34. The summed E-state index contributed by atoms with van der Waals surface area (Å²) in [6.07, 6.45) is 2.77. The fourth-order valence-corrected chi connectivity index (χ4v) is 4.05. The van der Waals surface area contributed by atoms with E-state index in [4.69, 9.17) is 4.74 Å². The molecule has 5 nitrogen and oxygen atoms in total. The molecule has 2 aromatic rings. The molecule has 0 bridgehead atoms. The van der Waals surface area contributed by atoms with E-state index in [1.807, 2.05) is 0 Å². The second kappa shape index (κ2) is 5.51. The van der Waals surface area contributed by atoms with Crippen LogP contribution in [0.15, 0.2) is 12.4 Å². The summed E-state index contributed by atoms with van der Waals surface area (Å²) in [5, 5.41) is 1.22. The molecule has 4 heterocycles. The number of aryl methyl sites for hydroxylation is 1. The first-order valence-electron chi connectivity index (χ1n) is 7.65. The number of ether oxygens (including phenoxy) is 1. The molecular formula is C15H20N4OS. The van der Waals surface area contributed by atoms with Gasteiger partial charge in [-0.2, -0.15) is 0 Å². The van der Waals surface area contributed by atoms with E-state index in [-0.39, 0.29) is 0 Å². The summed E-state index contributed by atoms with van der Waals surface area (Å²) in [6, 6.07) is 2.92. The molecule has 0 unspecified atom stereocenters. The van der Waals surface area contributed by atoms with E-state index in [1.54, 1.807) is 17.7 Å². The number of fused-ring (bicyclic) bond motifs is 1. The van der Waals surface area contributed by atoms with Crippen LogP contribution in [0.4, 0.5) is 5.82 Å². The van der Waals surface area contributed by atoms with E-state index < -0.39 is 0 Å². The lowest BCUT2D eigenvalue weighted by atomic mass is 10.1. The van der Waals surface area contributed by atoms with Crippen molar-refractivity contribution in [2.45, 2.75) is 19.4 Å². The van der Waals surface area contributed by atoms with Crippen LogP contribution in [-0.4, -0.2) is 60.3 Å². The van der Waals surface area contributed by atoms with Crippen LogP contribution < -0.4 is 4.90 Å². The van der Waals surface area contributed by atoms with Crippen molar-refractivity contribution in [1.29, 1.82) is 0 Å². The second-order valence-corrected chi connectivity index (χ2v) is 6.80. The molecule has 0 aliphatic carbocycles. The molecule has 2 fully saturated rings. The van der Waals surface area contributed by atoms with E-state index >= 15 is 0 Å². The average Bonchev–Trinajstić information content (AvgIpc) is 2.91. The first-order chi connectivity index (χ1) is 10.3. The lowest BCUT2D eigenvalue weighted by Gasteiger charge is -2.47. The monoisotopic (exact) mass is 304 g/mol. The number of anilines is 1. The van der Waals surface area contributed by atoms with Crippen molar-refractivity contribution < 1.29 is 4.74 Å². The molecule has 112 valence electrons. The molecular weight excluding hydrogens is 284 g/mol. The third-order valence-corrected chi connectivity index (χ3v) is 5.62. The predicted molar refractivity (Wildman–Crippen MR) is 85.2 cm³/mol. The van der Waals surface area contributed by atoms with Gasteiger partial charge in [-0.05, 0) is 12.5 Å². The Morgan fingerprint density at radius 2 is 2.10 bits per heavy atom. The maximum Gasteiger partial charge on any atom is 0.140 e. The van der Waals surface area contributed by atoms with Gasteiger partial charge in [-0.25, -0.2) is 9.97 Å². The van der Waals surface area contributed by atoms with Crippen molar-refractivity contribution in [2.24, 2.45) is 0 Å². The number of rotatable bonds is 3. The van der Waals surface area contributed by atoms with Crippen LogP contribution in [-0.2, 0) is 11.2 Å². The molecule has 6 heteroatoms. The highest BCUT2D eigenvalue weighted by atomic mass is 32.1. The first kappa shape index (κ1) is 13.4. The van der Waals surface area contributed by atoms with Crippen molar-refractivity contribution >= 4 is 27.4 Å². The molecule has 2 aliphatic heterocycles. The minimum Gasteiger partial charge on any atom is -0.379 e. The second-order valence-electron chi connectivity index (χ2n) is 5.69. The van der Waals surface area contributed by atoms with Gasteiger partial charge in [0.25, 0.3) is 0 Å². The maximum absolute atomic E-state index is 5.43. The molecule has 0 saturated carbocycles. The molecule has 2 aliphatic rings. The van der Waals surface area contributed by atoms with E-state index in [0.717, 1.165) is 56.5 Å². The Kier molecular flexibility index (Phi) is 3.52. The Hall–Kier alpha value is -1.24. The van der Waals surface area contributed by atoms with Gasteiger partial charge in [0, 0.05) is 37.1 Å². The van der Waals surface area contributed by atoms with E-state index in [0.29, 0.717) is 6.04 Å². The normalized spacial score (nSPS) is 20.9. The van der Waals surface area contributed by atoms with Crippen molar-refractivity contribution in [1.82, 2.24) is 14.9 Å². The summed E-state index contributed by atoms with van der Waals surface area (Å²) in [7, 11) is 0. The molecule has 0 amide bonds. The van der Waals surface area contributed by atoms with Gasteiger partial charge in [-0.3, -0.25) is 4.90 Å². The summed E-state index contributed by atoms with van der Waals surface area (Å²) < 4.78 is 5.43. The Morgan fingerprint density at radius 3 is 2.86 bits per heavy atom. The zero-order valence-corrected chi connectivity index (χ0v) is 13.1. The van der Waals surface area contributed by atoms with Crippen LogP contribution in [0.1, 0.15) is 11.8 Å². The van der Waals surface area contributed by atoms with Gasteiger partial charge in [-0.1, -0.05) is 6.92 Å². The zero-order valence-electron chi connectivity index (χ0n) is 12.3. The Bertz CT molecular complexity index is 632. The van der Waals surface area contributed by atoms with Crippen LogP contribution >= 0.6 is 11.3 Å². The predicted octanol–water partition coefficient (Wildman–Crippen LogP) is 1.77.